The Bertz CT molecular complexity index is 697. The molecular weight excluding hydrogens is 352 g/mol. The molecule has 1 unspecified atom stereocenters. The second-order valence-corrected chi connectivity index (χ2v) is 8.32. The number of carbonyl (C=O) groups is 2. The number of nitrogens with zero attached hydrogens (tertiary/aromatic N) is 2. The molecular formula is C23H34N2O3. The van der Waals surface area contributed by atoms with Crippen LogP contribution in [0.15, 0.2) is 24.3 Å². The maximum atomic E-state index is 13.3. The van der Waals surface area contributed by atoms with E-state index in [4.69, 9.17) is 4.74 Å². The smallest absolute Gasteiger partial charge is 0.226 e. The zero-order valence-electron chi connectivity index (χ0n) is 17.6. The predicted molar refractivity (Wildman–Crippen MR) is 110 cm³/mol. The molecule has 0 saturated carbocycles. The van der Waals surface area contributed by atoms with Crippen molar-refractivity contribution in [2.45, 2.75) is 58.4 Å². The number of benzene rings is 1. The summed E-state index contributed by atoms with van der Waals surface area (Å²) in [6.45, 7) is 9.24. The molecule has 2 aliphatic heterocycles. The van der Waals surface area contributed by atoms with Gasteiger partial charge in [0.2, 0.25) is 11.8 Å². The molecule has 1 spiro atoms. The highest BCUT2D eigenvalue weighted by atomic mass is 16.5. The molecule has 0 aromatic heterocycles. The Morgan fingerprint density at radius 3 is 2.46 bits per heavy atom. The van der Waals surface area contributed by atoms with Crippen molar-refractivity contribution < 1.29 is 14.3 Å². The monoisotopic (exact) mass is 386 g/mol. The van der Waals surface area contributed by atoms with E-state index >= 15 is 0 Å². The van der Waals surface area contributed by atoms with Crippen LogP contribution in [-0.4, -0.2) is 60.0 Å². The first kappa shape index (κ1) is 20.8. The zero-order chi connectivity index (χ0) is 20.1. The average molecular weight is 387 g/mol. The van der Waals surface area contributed by atoms with Gasteiger partial charge in [0, 0.05) is 51.2 Å². The molecule has 0 N–H and O–H groups in total. The number of aryl methyl sites for hydroxylation is 1. The summed E-state index contributed by atoms with van der Waals surface area (Å²) in [5.41, 5.74) is 2.36. The molecule has 2 amide bonds. The summed E-state index contributed by atoms with van der Waals surface area (Å²) in [7, 11) is 0. The summed E-state index contributed by atoms with van der Waals surface area (Å²) in [5.74, 6) is 0.345. The highest BCUT2D eigenvalue weighted by Gasteiger charge is 2.42. The van der Waals surface area contributed by atoms with Gasteiger partial charge >= 0.3 is 0 Å². The van der Waals surface area contributed by atoms with E-state index in [1.807, 2.05) is 21.9 Å². The molecule has 2 saturated heterocycles. The Labute approximate surface area is 169 Å². The molecule has 0 aliphatic carbocycles. The summed E-state index contributed by atoms with van der Waals surface area (Å²) in [5, 5.41) is 0. The van der Waals surface area contributed by atoms with Crippen LogP contribution < -0.4 is 0 Å². The van der Waals surface area contributed by atoms with Gasteiger partial charge in [0.1, 0.15) is 0 Å². The molecule has 1 aromatic rings. The van der Waals surface area contributed by atoms with Crippen LogP contribution in [0, 0.1) is 12.8 Å². The molecule has 3 rings (SSSR count). The van der Waals surface area contributed by atoms with Gasteiger partial charge in [0.25, 0.3) is 0 Å². The van der Waals surface area contributed by atoms with Crippen molar-refractivity contribution in [1.82, 2.24) is 9.80 Å². The molecule has 2 fully saturated rings. The van der Waals surface area contributed by atoms with Crippen molar-refractivity contribution in [3.8, 4) is 0 Å². The average Bonchev–Trinajstić information content (AvgIpc) is 2.87. The third-order valence-electron chi connectivity index (χ3n) is 6.70. The van der Waals surface area contributed by atoms with Crippen molar-refractivity contribution in [3.63, 3.8) is 0 Å². The van der Waals surface area contributed by atoms with E-state index in [2.05, 4.69) is 26.0 Å². The lowest BCUT2D eigenvalue weighted by atomic mass is 9.84. The summed E-state index contributed by atoms with van der Waals surface area (Å²) in [6.07, 6.45) is 4.21. The molecule has 154 valence electrons. The SMILES string of the molecule is CCC(Cc1ccccc1C)C(=O)N1CCN(C(C)=O)C2(CCOCC2)CC1. The summed E-state index contributed by atoms with van der Waals surface area (Å²) < 4.78 is 5.55. The molecule has 0 bridgehead atoms. The minimum atomic E-state index is -0.142. The van der Waals surface area contributed by atoms with Crippen molar-refractivity contribution in [1.29, 1.82) is 0 Å². The van der Waals surface area contributed by atoms with E-state index in [-0.39, 0.29) is 23.3 Å². The molecule has 5 nitrogen and oxygen atoms in total. The number of carbonyl (C=O) groups excluding carboxylic acids is 2. The van der Waals surface area contributed by atoms with Gasteiger partial charge in [-0.05, 0) is 50.2 Å². The van der Waals surface area contributed by atoms with Crippen molar-refractivity contribution in [3.05, 3.63) is 35.4 Å². The molecule has 1 aromatic carbocycles. The van der Waals surface area contributed by atoms with E-state index in [9.17, 15) is 9.59 Å². The Morgan fingerprint density at radius 2 is 1.82 bits per heavy atom. The molecule has 0 radical (unpaired) electrons. The lowest BCUT2D eigenvalue weighted by Gasteiger charge is -2.44. The van der Waals surface area contributed by atoms with E-state index in [1.165, 1.54) is 11.1 Å². The number of hydrogen-bond acceptors (Lipinski definition) is 3. The van der Waals surface area contributed by atoms with Gasteiger partial charge < -0.3 is 14.5 Å². The van der Waals surface area contributed by atoms with Gasteiger partial charge in [0.05, 0.1) is 0 Å². The van der Waals surface area contributed by atoms with Crippen LogP contribution in [0.25, 0.3) is 0 Å². The fourth-order valence-corrected chi connectivity index (χ4v) is 4.80. The topological polar surface area (TPSA) is 49.9 Å². The van der Waals surface area contributed by atoms with E-state index < -0.39 is 0 Å². The molecule has 28 heavy (non-hydrogen) atoms. The number of amides is 2. The summed E-state index contributed by atoms with van der Waals surface area (Å²) in [4.78, 5) is 29.7. The van der Waals surface area contributed by atoms with Gasteiger partial charge in [-0.3, -0.25) is 9.59 Å². The lowest BCUT2D eigenvalue weighted by molar-refractivity contribution is -0.139. The summed E-state index contributed by atoms with van der Waals surface area (Å²) >= 11 is 0. The zero-order valence-corrected chi connectivity index (χ0v) is 17.6. The summed E-state index contributed by atoms with van der Waals surface area (Å²) in [6, 6.07) is 8.32. The van der Waals surface area contributed by atoms with Crippen LogP contribution in [0.2, 0.25) is 0 Å². The maximum Gasteiger partial charge on any atom is 0.226 e. The van der Waals surface area contributed by atoms with Gasteiger partial charge in [0.15, 0.2) is 0 Å². The first-order valence-corrected chi connectivity index (χ1v) is 10.7. The third-order valence-corrected chi connectivity index (χ3v) is 6.70. The van der Waals surface area contributed by atoms with Crippen LogP contribution in [0.3, 0.4) is 0 Å². The molecule has 2 heterocycles. The fourth-order valence-electron chi connectivity index (χ4n) is 4.80. The van der Waals surface area contributed by atoms with Crippen LogP contribution in [0.4, 0.5) is 0 Å². The highest BCUT2D eigenvalue weighted by Crippen LogP contribution is 2.34. The Kier molecular flexibility index (Phi) is 6.76. The highest BCUT2D eigenvalue weighted by molar-refractivity contribution is 5.79. The molecule has 2 aliphatic rings. The fraction of sp³-hybridized carbons (Fsp3) is 0.652. The van der Waals surface area contributed by atoms with Gasteiger partial charge in [-0.1, -0.05) is 31.2 Å². The van der Waals surface area contributed by atoms with Crippen LogP contribution in [-0.2, 0) is 20.7 Å². The number of ether oxygens (including phenoxy) is 1. The van der Waals surface area contributed by atoms with Gasteiger partial charge in [-0.25, -0.2) is 0 Å². The first-order chi connectivity index (χ1) is 13.5. The largest absolute Gasteiger partial charge is 0.381 e. The van der Waals surface area contributed by atoms with Crippen molar-refractivity contribution in [2.24, 2.45) is 5.92 Å². The Hall–Kier alpha value is -1.88. The van der Waals surface area contributed by atoms with E-state index in [0.29, 0.717) is 26.3 Å². The number of hydrogen-bond donors (Lipinski definition) is 0. The van der Waals surface area contributed by atoms with E-state index in [0.717, 1.165) is 38.6 Å². The normalized spacial score (nSPS) is 20.7. The van der Waals surface area contributed by atoms with Crippen LogP contribution in [0.1, 0.15) is 50.7 Å². The maximum absolute atomic E-state index is 13.3. The van der Waals surface area contributed by atoms with Crippen molar-refractivity contribution in [2.75, 3.05) is 32.8 Å². The van der Waals surface area contributed by atoms with Crippen LogP contribution >= 0.6 is 0 Å². The molecule has 5 heteroatoms. The van der Waals surface area contributed by atoms with Crippen molar-refractivity contribution >= 4 is 11.8 Å². The van der Waals surface area contributed by atoms with E-state index in [1.54, 1.807) is 6.92 Å². The second-order valence-electron chi connectivity index (χ2n) is 8.32. The van der Waals surface area contributed by atoms with Gasteiger partial charge in [-0.15, -0.1) is 0 Å². The van der Waals surface area contributed by atoms with Gasteiger partial charge in [-0.2, -0.15) is 0 Å². The minimum Gasteiger partial charge on any atom is -0.381 e. The van der Waals surface area contributed by atoms with Crippen LogP contribution in [0.5, 0.6) is 0 Å². The third kappa shape index (κ3) is 4.40. The minimum absolute atomic E-state index is 0.00406. The Balaban J connectivity index is 1.73. The quantitative estimate of drug-likeness (QED) is 0.798. The number of rotatable bonds is 4. The predicted octanol–water partition coefficient (Wildman–Crippen LogP) is 3.19. The Morgan fingerprint density at radius 1 is 1.11 bits per heavy atom. The molecule has 1 atom stereocenters. The standard InChI is InChI=1S/C23H34N2O3/c1-4-20(17-21-8-6-5-7-18(21)2)22(27)24-12-9-23(10-15-28-16-11-23)25(14-13-24)19(3)26/h5-8,20H,4,9-17H2,1-3H3. The lowest BCUT2D eigenvalue weighted by Crippen LogP contribution is -2.54. The second kappa shape index (κ2) is 9.08. The first-order valence-electron chi connectivity index (χ1n) is 10.7.